The Kier molecular flexibility index (Phi) is 3.92. The minimum Gasteiger partial charge on any atom is -0.507 e. The van der Waals surface area contributed by atoms with Gasteiger partial charge < -0.3 is 9.84 Å². The fraction of sp³-hybridized carbons (Fsp3) is 0.222. The third-order valence-corrected chi connectivity index (χ3v) is 3.88. The summed E-state index contributed by atoms with van der Waals surface area (Å²) >= 11 is 0. The number of carbonyl (C=O) groups is 2. The van der Waals surface area contributed by atoms with Crippen LogP contribution in [0.2, 0.25) is 0 Å². The second-order valence-electron chi connectivity index (χ2n) is 5.35. The van der Waals surface area contributed by atoms with Crippen LogP contribution in [0.4, 0.5) is 0 Å². The summed E-state index contributed by atoms with van der Waals surface area (Å²) in [6.07, 6.45) is 3.18. The van der Waals surface area contributed by atoms with Crippen LogP contribution in [0.25, 0.3) is 0 Å². The number of aromatic hydroxyl groups is 1. The topological polar surface area (TPSA) is 63.6 Å². The second-order valence-corrected chi connectivity index (χ2v) is 5.35. The summed E-state index contributed by atoms with van der Waals surface area (Å²) in [4.78, 5) is 24.0. The number of Topliss-reactive ketones (excluding diaryl/α,β-unsaturated/α-hetero) is 1. The Labute approximate surface area is 128 Å². The third-order valence-electron chi connectivity index (χ3n) is 3.88. The Hall–Kier alpha value is -2.62. The number of benzene rings is 2. The third kappa shape index (κ3) is 2.86. The lowest BCUT2D eigenvalue weighted by Crippen LogP contribution is -2.14. The molecule has 3 rings (SSSR count). The maximum absolute atomic E-state index is 12.1. The molecular weight excluding hydrogens is 280 g/mol. The van der Waals surface area contributed by atoms with Crippen LogP contribution in [0.3, 0.4) is 0 Å². The molecule has 1 N–H and O–H groups in total. The van der Waals surface area contributed by atoms with E-state index in [1.165, 1.54) is 23.3 Å². The van der Waals surface area contributed by atoms with Crippen molar-refractivity contribution in [1.82, 2.24) is 0 Å². The van der Waals surface area contributed by atoms with E-state index in [2.05, 4.69) is 0 Å². The quantitative estimate of drug-likeness (QED) is 0.696. The summed E-state index contributed by atoms with van der Waals surface area (Å²) in [5.41, 5.74) is 3.12. The van der Waals surface area contributed by atoms with Gasteiger partial charge in [0.05, 0.1) is 0 Å². The standard InChI is InChI=1S/C18H16O4/c19-16-7-2-1-6-15(16)18(21)22-11-17(20)14-9-8-12-4-3-5-13(12)10-14/h1-2,6-10,19H,3-5,11H2. The molecule has 0 heterocycles. The van der Waals surface area contributed by atoms with E-state index in [1.807, 2.05) is 12.1 Å². The number of aryl methyl sites for hydroxylation is 2. The van der Waals surface area contributed by atoms with Gasteiger partial charge in [0, 0.05) is 5.56 Å². The number of carbonyl (C=O) groups excluding carboxylic acids is 2. The highest BCUT2D eigenvalue weighted by atomic mass is 16.5. The van der Waals surface area contributed by atoms with Gasteiger partial charge in [0.2, 0.25) is 0 Å². The van der Waals surface area contributed by atoms with Crippen LogP contribution < -0.4 is 0 Å². The molecule has 0 atom stereocenters. The molecule has 4 nitrogen and oxygen atoms in total. The first-order valence-electron chi connectivity index (χ1n) is 7.25. The number of hydrogen-bond acceptors (Lipinski definition) is 4. The highest BCUT2D eigenvalue weighted by Crippen LogP contribution is 2.23. The number of hydrogen-bond donors (Lipinski definition) is 1. The van der Waals surface area contributed by atoms with E-state index in [4.69, 9.17) is 4.74 Å². The molecule has 0 spiro atoms. The first-order chi connectivity index (χ1) is 10.6. The van der Waals surface area contributed by atoms with E-state index in [0.717, 1.165) is 19.3 Å². The number of esters is 1. The lowest BCUT2D eigenvalue weighted by molar-refractivity contribution is 0.0472. The van der Waals surface area contributed by atoms with E-state index in [-0.39, 0.29) is 23.7 Å². The molecule has 22 heavy (non-hydrogen) atoms. The Morgan fingerprint density at radius 2 is 1.82 bits per heavy atom. The van der Waals surface area contributed by atoms with Gasteiger partial charge in [0.25, 0.3) is 0 Å². The van der Waals surface area contributed by atoms with E-state index >= 15 is 0 Å². The van der Waals surface area contributed by atoms with Crippen molar-refractivity contribution in [3.8, 4) is 5.75 Å². The van der Waals surface area contributed by atoms with Crippen LogP contribution in [0.5, 0.6) is 5.75 Å². The van der Waals surface area contributed by atoms with Crippen LogP contribution in [-0.4, -0.2) is 23.5 Å². The van der Waals surface area contributed by atoms with Crippen LogP contribution in [-0.2, 0) is 17.6 Å². The highest BCUT2D eigenvalue weighted by molar-refractivity contribution is 6.00. The van der Waals surface area contributed by atoms with E-state index < -0.39 is 5.97 Å². The smallest absolute Gasteiger partial charge is 0.342 e. The fourth-order valence-corrected chi connectivity index (χ4v) is 2.68. The summed E-state index contributed by atoms with van der Waals surface area (Å²) in [5, 5.41) is 9.58. The molecular formula is C18H16O4. The molecule has 0 bridgehead atoms. The normalized spacial score (nSPS) is 12.7. The number of fused-ring (bicyclic) bond motifs is 1. The largest absolute Gasteiger partial charge is 0.507 e. The summed E-state index contributed by atoms with van der Waals surface area (Å²) in [5.74, 6) is -1.09. The molecule has 0 fully saturated rings. The molecule has 4 heteroatoms. The van der Waals surface area contributed by atoms with Gasteiger partial charge in [0.15, 0.2) is 12.4 Å². The van der Waals surface area contributed by atoms with Crippen molar-refractivity contribution in [3.05, 3.63) is 64.7 Å². The molecule has 0 amide bonds. The van der Waals surface area contributed by atoms with E-state index in [0.29, 0.717) is 5.56 Å². The van der Waals surface area contributed by atoms with Gasteiger partial charge in [-0.3, -0.25) is 4.79 Å². The van der Waals surface area contributed by atoms with Crippen molar-refractivity contribution in [2.24, 2.45) is 0 Å². The number of para-hydroxylation sites is 1. The first-order valence-corrected chi connectivity index (χ1v) is 7.25. The van der Waals surface area contributed by atoms with Crippen molar-refractivity contribution >= 4 is 11.8 Å². The minimum absolute atomic E-state index is 0.0595. The zero-order valence-electron chi connectivity index (χ0n) is 12.0. The van der Waals surface area contributed by atoms with Gasteiger partial charge in [-0.05, 0) is 48.6 Å². The van der Waals surface area contributed by atoms with Gasteiger partial charge in [-0.15, -0.1) is 0 Å². The molecule has 0 unspecified atom stereocenters. The second kappa shape index (κ2) is 6.02. The van der Waals surface area contributed by atoms with Gasteiger partial charge in [0.1, 0.15) is 11.3 Å². The van der Waals surface area contributed by atoms with Gasteiger partial charge in [-0.1, -0.05) is 24.3 Å². The summed E-state index contributed by atoms with van der Waals surface area (Å²) in [6.45, 7) is -0.327. The molecule has 0 aliphatic heterocycles. The Morgan fingerprint density at radius 1 is 1.05 bits per heavy atom. The van der Waals surface area contributed by atoms with E-state index in [9.17, 15) is 14.7 Å². The molecule has 0 saturated heterocycles. The predicted octanol–water partition coefficient (Wildman–Crippen LogP) is 2.92. The molecule has 1 aliphatic carbocycles. The fourth-order valence-electron chi connectivity index (χ4n) is 2.68. The maximum Gasteiger partial charge on any atom is 0.342 e. The molecule has 112 valence electrons. The number of phenolic OH excluding ortho intramolecular Hbond substituents is 1. The molecule has 1 aliphatic rings. The molecule has 0 radical (unpaired) electrons. The van der Waals surface area contributed by atoms with Crippen LogP contribution in [0.1, 0.15) is 38.3 Å². The number of ketones is 1. The molecule has 2 aromatic rings. The highest BCUT2D eigenvalue weighted by Gasteiger charge is 2.17. The Bertz CT molecular complexity index is 734. The zero-order chi connectivity index (χ0) is 15.5. The summed E-state index contributed by atoms with van der Waals surface area (Å²) in [7, 11) is 0. The van der Waals surface area contributed by atoms with Crippen LogP contribution >= 0.6 is 0 Å². The molecule has 0 saturated carbocycles. The lowest BCUT2D eigenvalue weighted by atomic mass is 10.0. The minimum atomic E-state index is -0.701. The zero-order valence-corrected chi connectivity index (χ0v) is 12.0. The lowest BCUT2D eigenvalue weighted by Gasteiger charge is -2.07. The van der Waals surface area contributed by atoms with E-state index in [1.54, 1.807) is 18.2 Å². The van der Waals surface area contributed by atoms with Crippen molar-refractivity contribution in [1.29, 1.82) is 0 Å². The Balaban J connectivity index is 1.65. The molecule has 2 aromatic carbocycles. The summed E-state index contributed by atoms with van der Waals surface area (Å²) < 4.78 is 5.00. The predicted molar refractivity (Wildman–Crippen MR) is 81.2 cm³/mol. The van der Waals surface area contributed by atoms with Crippen LogP contribution in [0, 0.1) is 0 Å². The van der Waals surface area contributed by atoms with Crippen LogP contribution in [0.15, 0.2) is 42.5 Å². The maximum atomic E-state index is 12.1. The van der Waals surface area contributed by atoms with Crippen molar-refractivity contribution in [2.45, 2.75) is 19.3 Å². The van der Waals surface area contributed by atoms with Gasteiger partial charge in [-0.2, -0.15) is 0 Å². The average molecular weight is 296 g/mol. The number of ether oxygens (including phenoxy) is 1. The first kappa shape index (κ1) is 14.3. The van der Waals surface area contributed by atoms with Crippen molar-refractivity contribution in [2.75, 3.05) is 6.61 Å². The number of phenols is 1. The van der Waals surface area contributed by atoms with Gasteiger partial charge >= 0.3 is 5.97 Å². The summed E-state index contributed by atoms with van der Waals surface area (Å²) in [6, 6.07) is 11.7. The van der Waals surface area contributed by atoms with Gasteiger partial charge in [-0.25, -0.2) is 4.79 Å². The SMILES string of the molecule is O=C(COC(=O)c1ccccc1O)c1ccc2c(c1)CCC2. The molecule has 0 aromatic heterocycles. The number of rotatable bonds is 4. The van der Waals surface area contributed by atoms with Crippen molar-refractivity contribution < 1.29 is 19.4 Å². The average Bonchev–Trinajstić information content (AvgIpc) is 3.00. The van der Waals surface area contributed by atoms with Crippen molar-refractivity contribution in [3.63, 3.8) is 0 Å². The Morgan fingerprint density at radius 3 is 2.64 bits per heavy atom. The monoisotopic (exact) mass is 296 g/mol.